The molecule has 0 N–H and O–H groups in total. The van der Waals surface area contributed by atoms with Crippen LogP contribution < -0.4 is 4.90 Å². The second-order valence-electron chi connectivity index (χ2n) is 5.03. The molecule has 1 atom stereocenters. The molecule has 1 amide bonds. The van der Waals surface area contributed by atoms with Crippen LogP contribution in [0.4, 0.5) is 5.69 Å². The zero-order chi connectivity index (χ0) is 14.1. The van der Waals surface area contributed by atoms with Gasteiger partial charge in [-0.15, -0.1) is 0 Å². The standard InChI is InChI=1S/C17H16BrNO/c1-2-19-16-9-8-13(18)11-14(16)15(17(19)20)10-12-6-4-3-5-7-12/h3-9,11,15H,2,10H2,1H3. The molecule has 0 bridgehead atoms. The molecule has 0 fully saturated rings. The van der Waals surface area contributed by atoms with E-state index in [1.54, 1.807) is 0 Å². The van der Waals surface area contributed by atoms with Crippen LogP contribution in [0.1, 0.15) is 24.0 Å². The molecule has 1 aliphatic rings. The molecule has 3 rings (SSSR count). The van der Waals surface area contributed by atoms with Gasteiger partial charge in [0, 0.05) is 16.7 Å². The first-order chi connectivity index (χ1) is 9.70. The van der Waals surface area contributed by atoms with Crippen LogP contribution in [0.3, 0.4) is 0 Å². The lowest BCUT2D eigenvalue weighted by Gasteiger charge is -2.15. The molecule has 2 nitrogen and oxygen atoms in total. The number of halogens is 1. The quantitative estimate of drug-likeness (QED) is 0.828. The minimum Gasteiger partial charge on any atom is -0.312 e. The highest BCUT2D eigenvalue weighted by Crippen LogP contribution is 2.40. The van der Waals surface area contributed by atoms with E-state index in [4.69, 9.17) is 0 Å². The zero-order valence-electron chi connectivity index (χ0n) is 11.3. The lowest BCUT2D eigenvalue weighted by molar-refractivity contribution is -0.119. The fourth-order valence-electron chi connectivity index (χ4n) is 2.86. The molecular weight excluding hydrogens is 314 g/mol. The second-order valence-corrected chi connectivity index (χ2v) is 5.94. The third-order valence-corrected chi connectivity index (χ3v) is 4.31. The fraction of sp³-hybridized carbons (Fsp3) is 0.235. The van der Waals surface area contributed by atoms with E-state index in [-0.39, 0.29) is 11.8 Å². The molecule has 1 aliphatic heterocycles. The number of amides is 1. The maximum absolute atomic E-state index is 12.6. The molecule has 2 aromatic rings. The zero-order valence-corrected chi connectivity index (χ0v) is 12.9. The first kappa shape index (κ1) is 13.4. The summed E-state index contributed by atoms with van der Waals surface area (Å²) in [4.78, 5) is 14.5. The molecular formula is C17H16BrNO. The topological polar surface area (TPSA) is 20.3 Å². The molecule has 2 aromatic carbocycles. The Hall–Kier alpha value is -1.61. The van der Waals surface area contributed by atoms with Crippen LogP contribution in [0.2, 0.25) is 0 Å². The molecule has 0 saturated carbocycles. The van der Waals surface area contributed by atoms with Crippen molar-refractivity contribution in [1.29, 1.82) is 0 Å². The fourth-order valence-corrected chi connectivity index (χ4v) is 3.24. The summed E-state index contributed by atoms with van der Waals surface area (Å²) in [6.07, 6.45) is 0.764. The van der Waals surface area contributed by atoms with E-state index < -0.39 is 0 Å². The Morgan fingerprint density at radius 3 is 2.60 bits per heavy atom. The van der Waals surface area contributed by atoms with Crippen molar-refractivity contribution in [2.75, 3.05) is 11.4 Å². The minimum atomic E-state index is -0.0650. The van der Waals surface area contributed by atoms with Crippen molar-refractivity contribution in [3.8, 4) is 0 Å². The van der Waals surface area contributed by atoms with E-state index in [9.17, 15) is 4.79 Å². The van der Waals surface area contributed by atoms with Crippen LogP contribution in [0.15, 0.2) is 53.0 Å². The highest BCUT2D eigenvalue weighted by atomic mass is 79.9. The number of nitrogens with zero attached hydrogens (tertiary/aromatic N) is 1. The van der Waals surface area contributed by atoms with Crippen LogP contribution in [0.5, 0.6) is 0 Å². The number of fused-ring (bicyclic) bond motifs is 1. The van der Waals surface area contributed by atoms with Gasteiger partial charge in [0.25, 0.3) is 0 Å². The predicted octanol–water partition coefficient (Wildman–Crippen LogP) is 4.14. The summed E-state index contributed by atoms with van der Waals surface area (Å²) in [5.41, 5.74) is 3.39. The number of hydrogen-bond donors (Lipinski definition) is 0. The van der Waals surface area contributed by atoms with Gasteiger partial charge in [0.15, 0.2) is 0 Å². The van der Waals surface area contributed by atoms with E-state index in [0.29, 0.717) is 0 Å². The van der Waals surface area contributed by atoms with Gasteiger partial charge in [-0.05, 0) is 42.7 Å². The van der Waals surface area contributed by atoms with Gasteiger partial charge in [-0.25, -0.2) is 0 Å². The smallest absolute Gasteiger partial charge is 0.234 e. The minimum absolute atomic E-state index is 0.0650. The Kier molecular flexibility index (Phi) is 3.62. The number of likely N-dealkylation sites (N-methyl/N-ethyl adjacent to an activating group) is 1. The van der Waals surface area contributed by atoms with Crippen LogP contribution >= 0.6 is 15.9 Å². The van der Waals surface area contributed by atoms with Gasteiger partial charge < -0.3 is 4.90 Å². The molecule has 0 aromatic heterocycles. The average Bonchev–Trinajstić information content (AvgIpc) is 2.72. The SMILES string of the molecule is CCN1C(=O)C(Cc2ccccc2)c2cc(Br)ccc21. The molecule has 0 spiro atoms. The first-order valence-corrected chi connectivity index (χ1v) is 7.64. The molecule has 0 saturated heterocycles. The molecule has 0 radical (unpaired) electrons. The summed E-state index contributed by atoms with van der Waals surface area (Å²) >= 11 is 3.51. The van der Waals surface area contributed by atoms with Gasteiger partial charge >= 0.3 is 0 Å². The summed E-state index contributed by atoms with van der Waals surface area (Å²) in [5, 5.41) is 0. The Bertz CT molecular complexity index is 639. The Labute approximate surface area is 127 Å². The normalized spacial score (nSPS) is 17.4. The van der Waals surface area contributed by atoms with E-state index in [1.807, 2.05) is 42.2 Å². The summed E-state index contributed by atoms with van der Waals surface area (Å²) in [6, 6.07) is 16.3. The lowest BCUT2D eigenvalue weighted by Crippen LogP contribution is -2.29. The summed E-state index contributed by atoms with van der Waals surface area (Å²) < 4.78 is 1.03. The third kappa shape index (κ3) is 2.27. The van der Waals surface area contributed by atoms with Gasteiger partial charge in [0.2, 0.25) is 5.91 Å². The van der Waals surface area contributed by atoms with Gasteiger partial charge in [0.1, 0.15) is 0 Å². The highest BCUT2D eigenvalue weighted by molar-refractivity contribution is 9.10. The van der Waals surface area contributed by atoms with Crippen LogP contribution in [-0.2, 0) is 11.2 Å². The number of rotatable bonds is 3. The third-order valence-electron chi connectivity index (χ3n) is 3.82. The Morgan fingerprint density at radius 1 is 1.15 bits per heavy atom. The predicted molar refractivity (Wildman–Crippen MR) is 85.1 cm³/mol. The average molecular weight is 330 g/mol. The monoisotopic (exact) mass is 329 g/mol. The molecule has 3 heteroatoms. The first-order valence-electron chi connectivity index (χ1n) is 6.85. The van der Waals surface area contributed by atoms with E-state index in [0.717, 1.165) is 28.7 Å². The van der Waals surface area contributed by atoms with Gasteiger partial charge in [-0.1, -0.05) is 46.3 Å². The van der Waals surface area contributed by atoms with Crippen molar-refractivity contribution in [2.45, 2.75) is 19.3 Å². The van der Waals surface area contributed by atoms with Gasteiger partial charge in [-0.2, -0.15) is 0 Å². The highest BCUT2D eigenvalue weighted by Gasteiger charge is 2.36. The number of carbonyl (C=O) groups is 1. The van der Waals surface area contributed by atoms with Crippen LogP contribution in [0.25, 0.3) is 0 Å². The summed E-state index contributed by atoms with van der Waals surface area (Å²) in [7, 11) is 0. The number of benzene rings is 2. The molecule has 0 aliphatic carbocycles. The van der Waals surface area contributed by atoms with E-state index in [2.05, 4.69) is 34.1 Å². The lowest BCUT2D eigenvalue weighted by atomic mass is 9.93. The van der Waals surface area contributed by atoms with E-state index in [1.165, 1.54) is 5.56 Å². The van der Waals surface area contributed by atoms with Crippen molar-refractivity contribution >= 4 is 27.5 Å². The van der Waals surface area contributed by atoms with Crippen molar-refractivity contribution < 1.29 is 4.79 Å². The molecule has 1 heterocycles. The van der Waals surface area contributed by atoms with E-state index >= 15 is 0 Å². The van der Waals surface area contributed by atoms with Crippen molar-refractivity contribution in [1.82, 2.24) is 0 Å². The molecule has 1 unspecified atom stereocenters. The molecule has 20 heavy (non-hydrogen) atoms. The maximum Gasteiger partial charge on any atom is 0.234 e. The summed E-state index contributed by atoms with van der Waals surface area (Å²) in [5.74, 6) is 0.148. The number of carbonyl (C=O) groups excluding carboxylic acids is 1. The van der Waals surface area contributed by atoms with Crippen LogP contribution in [-0.4, -0.2) is 12.5 Å². The van der Waals surface area contributed by atoms with Crippen molar-refractivity contribution in [2.24, 2.45) is 0 Å². The second kappa shape index (κ2) is 5.41. The number of hydrogen-bond acceptors (Lipinski definition) is 1. The maximum atomic E-state index is 12.6. The number of anilines is 1. The largest absolute Gasteiger partial charge is 0.312 e. The Balaban J connectivity index is 2.00. The Morgan fingerprint density at radius 2 is 1.90 bits per heavy atom. The van der Waals surface area contributed by atoms with Crippen molar-refractivity contribution in [3.05, 3.63) is 64.1 Å². The van der Waals surface area contributed by atoms with Crippen molar-refractivity contribution in [3.63, 3.8) is 0 Å². The summed E-state index contributed by atoms with van der Waals surface area (Å²) in [6.45, 7) is 2.74. The van der Waals surface area contributed by atoms with Gasteiger partial charge in [0.05, 0.1) is 5.92 Å². The van der Waals surface area contributed by atoms with Crippen LogP contribution in [0, 0.1) is 0 Å². The van der Waals surface area contributed by atoms with Gasteiger partial charge in [-0.3, -0.25) is 4.79 Å². The molecule has 102 valence electrons.